The van der Waals surface area contributed by atoms with Crippen LogP contribution in [-0.2, 0) is 23.9 Å². The third kappa shape index (κ3) is 3.87. The summed E-state index contributed by atoms with van der Waals surface area (Å²) in [5, 5.41) is 10.3. The molecule has 190 valence electrons. The van der Waals surface area contributed by atoms with Crippen LogP contribution in [0.15, 0.2) is 12.7 Å². The normalized spacial score (nSPS) is 33.8. The SMILES string of the molecule is C=CCN(C(=O)[C@H]1N([C@@H](CO)C(C)C)C(=O)[C@@H]2[C@@H](C(=O)OCC)[C@H]3CC[C@]21O3)C1CCCCC1. The summed E-state index contributed by atoms with van der Waals surface area (Å²) in [5.41, 5.74) is -1.06. The highest BCUT2D eigenvalue weighted by atomic mass is 16.6. The van der Waals surface area contributed by atoms with Crippen molar-refractivity contribution in [2.45, 2.75) is 95.5 Å². The fourth-order valence-electron chi connectivity index (χ4n) is 6.96. The van der Waals surface area contributed by atoms with E-state index in [0.29, 0.717) is 19.4 Å². The van der Waals surface area contributed by atoms with Crippen LogP contribution in [0.1, 0.15) is 65.7 Å². The van der Waals surface area contributed by atoms with E-state index in [1.54, 1.807) is 17.9 Å². The molecule has 1 spiro atoms. The second-order valence-corrected chi connectivity index (χ2v) is 10.6. The number of aliphatic hydroxyl groups excluding tert-OH is 1. The van der Waals surface area contributed by atoms with Gasteiger partial charge >= 0.3 is 5.97 Å². The molecule has 4 rings (SSSR count). The first kappa shape index (κ1) is 25.2. The fourth-order valence-corrected chi connectivity index (χ4v) is 6.96. The lowest BCUT2D eigenvalue weighted by Gasteiger charge is -2.43. The van der Waals surface area contributed by atoms with Gasteiger partial charge in [0.05, 0.1) is 37.2 Å². The van der Waals surface area contributed by atoms with Crippen LogP contribution < -0.4 is 0 Å². The average molecular weight is 477 g/mol. The third-order valence-corrected chi connectivity index (χ3v) is 8.47. The van der Waals surface area contributed by atoms with Crippen molar-refractivity contribution in [3.8, 4) is 0 Å². The summed E-state index contributed by atoms with van der Waals surface area (Å²) in [4.78, 5) is 44.7. The lowest BCUT2D eigenvalue weighted by molar-refractivity contribution is -0.157. The molecule has 0 radical (unpaired) electrons. The van der Waals surface area contributed by atoms with E-state index in [2.05, 4.69) is 6.58 Å². The van der Waals surface area contributed by atoms with Crippen molar-refractivity contribution in [1.29, 1.82) is 0 Å². The molecule has 3 aliphatic heterocycles. The summed E-state index contributed by atoms with van der Waals surface area (Å²) in [7, 11) is 0. The van der Waals surface area contributed by atoms with Gasteiger partial charge in [0.2, 0.25) is 11.8 Å². The van der Waals surface area contributed by atoms with Crippen molar-refractivity contribution in [1.82, 2.24) is 9.80 Å². The summed E-state index contributed by atoms with van der Waals surface area (Å²) in [5.74, 6) is -2.39. The Morgan fingerprint density at radius 1 is 1.29 bits per heavy atom. The number of amides is 2. The maximum absolute atomic E-state index is 14.4. The number of aliphatic hydroxyl groups is 1. The lowest BCUT2D eigenvalue weighted by Crippen LogP contribution is -2.61. The van der Waals surface area contributed by atoms with Crippen LogP contribution >= 0.6 is 0 Å². The maximum atomic E-state index is 14.4. The molecule has 8 heteroatoms. The molecule has 0 aromatic rings. The van der Waals surface area contributed by atoms with Crippen LogP contribution in [0.3, 0.4) is 0 Å². The van der Waals surface area contributed by atoms with E-state index in [0.717, 1.165) is 25.7 Å². The first-order valence-electron chi connectivity index (χ1n) is 13.0. The standard InChI is InChI=1S/C26H40N2O6/c1-5-14-27(17-10-8-7-9-11-17)24(31)22-26-13-12-19(34-26)20(25(32)33-6-2)21(26)23(30)28(22)18(15-29)16(3)4/h5,16-22,29H,1,6-15H2,2-4H3/t18-,19+,20-,21-,22+,26-/m0/s1. The topological polar surface area (TPSA) is 96.4 Å². The Morgan fingerprint density at radius 3 is 2.59 bits per heavy atom. The molecule has 6 atom stereocenters. The molecule has 0 aromatic carbocycles. The van der Waals surface area contributed by atoms with Gasteiger partial charge in [-0.25, -0.2) is 0 Å². The van der Waals surface area contributed by atoms with Crippen molar-refractivity contribution in [3.05, 3.63) is 12.7 Å². The molecule has 4 fully saturated rings. The maximum Gasteiger partial charge on any atom is 0.312 e. The number of fused-ring (bicyclic) bond motifs is 1. The molecule has 3 heterocycles. The van der Waals surface area contributed by atoms with E-state index >= 15 is 0 Å². The number of hydrogen-bond acceptors (Lipinski definition) is 6. The van der Waals surface area contributed by atoms with E-state index in [1.165, 1.54) is 6.42 Å². The van der Waals surface area contributed by atoms with Gasteiger partial charge in [-0.05, 0) is 38.5 Å². The summed E-state index contributed by atoms with van der Waals surface area (Å²) < 4.78 is 11.8. The van der Waals surface area contributed by atoms with E-state index in [-0.39, 0.29) is 37.0 Å². The van der Waals surface area contributed by atoms with Crippen LogP contribution in [0.4, 0.5) is 0 Å². The van der Waals surface area contributed by atoms with Gasteiger partial charge < -0.3 is 24.4 Å². The first-order chi connectivity index (χ1) is 16.3. The van der Waals surface area contributed by atoms with E-state index in [4.69, 9.17) is 9.47 Å². The summed E-state index contributed by atoms with van der Waals surface area (Å²) in [6.45, 7) is 9.87. The Hall–Kier alpha value is -1.93. The fraction of sp³-hybridized carbons (Fsp3) is 0.808. The number of nitrogens with zero attached hydrogens (tertiary/aromatic N) is 2. The van der Waals surface area contributed by atoms with Crippen LogP contribution in [0.5, 0.6) is 0 Å². The molecule has 2 bridgehead atoms. The predicted molar refractivity (Wildman–Crippen MR) is 126 cm³/mol. The number of carbonyl (C=O) groups is 3. The monoisotopic (exact) mass is 476 g/mol. The Morgan fingerprint density at radius 2 is 2.00 bits per heavy atom. The highest BCUT2D eigenvalue weighted by Crippen LogP contribution is 2.59. The molecule has 4 aliphatic rings. The van der Waals surface area contributed by atoms with Crippen molar-refractivity contribution in [3.63, 3.8) is 0 Å². The van der Waals surface area contributed by atoms with Crippen LogP contribution in [0, 0.1) is 17.8 Å². The Kier molecular flexibility index (Phi) is 7.38. The smallest absolute Gasteiger partial charge is 0.312 e. The number of likely N-dealkylation sites (tertiary alicyclic amines) is 1. The number of hydrogen-bond donors (Lipinski definition) is 1. The van der Waals surface area contributed by atoms with Crippen LogP contribution in [0.2, 0.25) is 0 Å². The number of esters is 1. The third-order valence-electron chi connectivity index (χ3n) is 8.47. The van der Waals surface area contributed by atoms with Gasteiger partial charge in [-0.3, -0.25) is 14.4 Å². The molecule has 0 unspecified atom stereocenters. The predicted octanol–water partition coefficient (Wildman–Crippen LogP) is 2.29. The molecule has 8 nitrogen and oxygen atoms in total. The lowest BCUT2D eigenvalue weighted by atomic mass is 9.70. The van der Waals surface area contributed by atoms with E-state index in [1.807, 2.05) is 18.7 Å². The van der Waals surface area contributed by atoms with Crippen molar-refractivity contribution in [2.75, 3.05) is 19.8 Å². The highest BCUT2D eigenvalue weighted by Gasteiger charge is 2.75. The number of carbonyl (C=O) groups excluding carboxylic acids is 3. The van der Waals surface area contributed by atoms with E-state index < -0.39 is 41.6 Å². The van der Waals surface area contributed by atoms with Gasteiger partial charge in [-0.15, -0.1) is 6.58 Å². The first-order valence-corrected chi connectivity index (χ1v) is 13.0. The van der Waals surface area contributed by atoms with Crippen molar-refractivity contribution < 1.29 is 29.0 Å². The minimum atomic E-state index is -1.06. The minimum Gasteiger partial charge on any atom is -0.466 e. The van der Waals surface area contributed by atoms with E-state index in [9.17, 15) is 19.5 Å². The minimum absolute atomic E-state index is 0.0692. The zero-order valence-electron chi connectivity index (χ0n) is 20.8. The molecule has 0 aromatic heterocycles. The van der Waals surface area contributed by atoms with Crippen molar-refractivity contribution >= 4 is 17.8 Å². The Bertz CT molecular complexity index is 809. The summed E-state index contributed by atoms with van der Waals surface area (Å²) in [6, 6.07) is -1.31. The Labute approximate surface area is 202 Å². The van der Waals surface area contributed by atoms with Crippen LogP contribution in [0.25, 0.3) is 0 Å². The Balaban J connectivity index is 1.77. The van der Waals surface area contributed by atoms with Gasteiger partial charge in [0.1, 0.15) is 11.6 Å². The molecule has 3 saturated heterocycles. The second-order valence-electron chi connectivity index (χ2n) is 10.6. The molecule has 1 saturated carbocycles. The van der Waals surface area contributed by atoms with Crippen molar-refractivity contribution in [2.24, 2.45) is 17.8 Å². The van der Waals surface area contributed by atoms with Gasteiger partial charge in [0, 0.05) is 12.6 Å². The van der Waals surface area contributed by atoms with Gasteiger partial charge in [0.25, 0.3) is 0 Å². The largest absolute Gasteiger partial charge is 0.466 e. The van der Waals surface area contributed by atoms with Gasteiger partial charge in [0.15, 0.2) is 0 Å². The second kappa shape index (κ2) is 9.97. The molecular weight excluding hydrogens is 436 g/mol. The summed E-state index contributed by atoms with van der Waals surface area (Å²) >= 11 is 0. The zero-order chi connectivity index (χ0) is 24.6. The van der Waals surface area contributed by atoms with Crippen LogP contribution in [-0.4, -0.2) is 82.3 Å². The highest BCUT2D eigenvalue weighted by molar-refractivity contribution is 5.98. The molecule has 1 N–H and O–H groups in total. The average Bonchev–Trinajstić information content (AvgIpc) is 3.46. The zero-order valence-corrected chi connectivity index (χ0v) is 20.8. The quantitative estimate of drug-likeness (QED) is 0.405. The number of rotatable bonds is 9. The van der Waals surface area contributed by atoms with Gasteiger partial charge in [-0.2, -0.15) is 0 Å². The summed E-state index contributed by atoms with van der Waals surface area (Å²) in [6.07, 6.45) is 7.64. The molecule has 2 amide bonds. The molecule has 1 aliphatic carbocycles. The van der Waals surface area contributed by atoms with Gasteiger partial charge in [-0.1, -0.05) is 39.2 Å². The number of ether oxygens (including phenoxy) is 2. The molecule has 34 heavy (non-hydrogen) atoms. The molecular formula is C26H40N2O6.